The molecule has 1 aromatic heterocycles. The maximum Gasteiger partial charge on any atom is 0.0794 e. The van der Waals surface area contributed by atoms with E-state index >= 15 is 0 Å². The van der Waals surface area contributed by atoms with Gasteiger partial charge >= 0.3 is 0 Å². The molecule has 2 nitrogen and oxygen atoms in total. The Balaban J connectivity index is 1.94. The molecule has 0 spiro atoms. The van der Waals surface area contributed by atoms with E-state index < -0.39 is 0 Å². The Kier molecular flexibility index (Phi) is 3.76. The van der Waals surface area contributed by atoms with Gasteiger partial charge in [-0.1, -0.05) is 6.92 Å². The van der Waals surface area contributed by atoms with Crippen molar-refractivity contribution in [1.82, 2.24) is 10.3 Å². The van der Waals surface area contributed by atoms with Gasteiger partial charge in [-0.25, -0.2) is 0 Å². The summed E-state index contributed by atoms with van der Waals surface area (Å²) in [6.45, 7) is 2.40. The molecule has 1 heterocycles. The average molecular weight is 224 g/mol. The van der Waals surface area contributed by atoms with Crippen LogP contribution in [0.2, 0.25) is 0 Å². The van der Waals surface area contributed by atoms with Crippen LogP contribution in [-0.2, 0) is 6.42 Å². The van der Waals surface area contributed by atoms with Gasteiger partial charge in [0.15, 0.2) is 0 Å². The summed E-state index contributed by atoms with van der Waals surface area (Å²) >= 11 is 1.80. The standard InChI is InChI=1S/C12H20N2S/c1-9-3-4-11(13-2)5-10(9)6-12-7-14-8-15-12/h7-11,13H,3-6H2,1-2H3. The second-order valence-corrected chi connectivity index (χ2v) is 5.68. The third-order valence-corrected chi connectivity index (χ3v) is 4.52. The lowest BCUT2D eigenvalue weighted by molar-refractivity contribution is 0.216. The van der Waals surface area contributed by atoms with Gasteiger partial charge in [-0.2, -0.15) is 0 Å². The first kappa shape index (κ1) is 11.1. The highest BCUT2D eigenvalue weighted by molar-refractivity contribution is 7.09. The van der Waals surface area contributed by atoms with Gasteiger partial charge in [0.2, 0.25) is 0 Å². The summed E-state index contributed by atoms with van der Waals surface area (Å²) in [5.41, 5.74) is 1.94. The fourth-order valence-electron chi connectivity index (χ4n) is 2.56. The Bertz CT molecular complexity index is 284. The van der Waals surface area contributed by atoms with Crippen LogP contribution in [0.15, 0.2) is 11.7 Å². The van der Waals surface area contributed by atoms with E-state index in [0.717, 1.165) is 17.9 Å². The minimum Gasteiger partial charge on any atom is -0.317 e. The molecule has 0 aliphatic heterocycles. The molecule has 3 unspecified atom stereocenters. The zero-order valence-electron chi connectivity index (χ0n) is 9.57. The molecular formula is C12H20N2S. The predicted molar refractivity (Wildman–Crippen MR) is 65.2 cm³/mol. The van der Waals surface area contributed by atoms with Gasteiger partial charge in [0.1, 0.15) is 0 Å². The molecule has 1 fully saturated rings. The summed E-state index contributed by atoms with van der Waals surface area (Å²) in [7, 11) is 2.09. The van der Waals surface area contributed by atoms with E-state index in [1.54, 1.807) is 11.3 Å². The van der Waals surface area contributed by atoms with Crippen molar-refractivity contribution in [3.63, 3.8) is 0 Å². The Hall–Kier alpha value is -0.410. The predicted octanol–water partition coefficient (Wildman–Crippen LogP) is 2.71. The van der Waals surface area contributed by atoms with Crippen molar-refractivity contribution in [2.45, 2.75) is 38.6 Å². The monoisotopic (exact) mass is 224 g/mol. The van der Waals surface area contributed by atoms with Crippen LogP contribution in [-0.4, -0.2) is 18.1 Å². The highest BCUT2D eigenvalue weighted by atomic mass is 32.1. The summed E-state index contributed by atoms with van der Waals surface area (Å²) in [6, 6.07) is 0.735. The topological polar surface area (TPSA) is 24.9 Å². The van der Waals surface area contributed by atoms with E-state index in [4.69, 9.17) is 0 Å². The number of nitrogens with zero attached hydrogens (tertiary/aromatic N) is 1. The maximum atomic E-state index is 4.15. The highest BCUT2D eigenvalue weighted by Gasteiger charge is 2.27. The van der Waals surface area contributed by atoms with Gasteiger partial charge in [-0.05, 0) is 44.6 Å². The first-order chi connectivity index (χ1) is 7.29. The lowest BCUT2D eigenvalue weighted by Gasteiger charge is -2.34. The summed E-state index contributed by atoms with van der Waals surface area (Å²) in [5, 5.41) is 3.42. The lowest BCUT2D eigenvalue weighted by Crippen LogP contribution is -2.35. The van der Waals surface area contributed by atoms with Crippen molar-refractivity contribution in [2.75, 3.05) is 7.05 Å². The third kappa shape index (κ3) is 2.79. The minimum absolute atomic E-state index is 0.735. The number of hydrogen-bond donors (Lipinski definition) is 1. The molecule has 1 aliphatic rings. The van der Waals surface area contributed by atoms with E-state index in [0.29, 0.717) is 0 Å². The summed E-state index contributed by atoms with van der Waals surface area (Å²) in [5.74, 6) is 1.72. The van der Waals surface area contributed by atoms with E-state index in [1.165, 1.54) is 30.6 Å². The maximum absolute atomic E-state index is 4.15. The van der Waals surface area contributed by atoms with Crippen LogP contribution in [0.5, 0.6) is 0 Å². The van der Waals surface area contributed by atoms with Crippen LogP contribution in [0.25, 0.3) is 0 Å². The van der Waals surface area contributed by atoms with Crippen molar-refractivity contribution < 1.29 is 0 Å². The zero-order chi connectivity index (χ0) is 10.7. The number of aromatic nitrogens is 1. The molecule has 0 amide bonds. The molecule has 0 radical (unpaired) electrons. The second kappa shape index (κ2) is 5.08. The van der Waals surface area contributed by atoms with Gasteiger partial charge < -0.3 is 5.32 Å². The summed E-state index contributed by atoms with van der Waals surface area (Å²) in [4.78, 5) is 5.60. The van der Waals surface area contributed by atoms with Gasteiger partial charge in [-0.15, -0.1) is 11.3 Å². The fourth-order valence-corrected chi connectivity index (χ4v) is 3.25. The Morgan fingerprint density at radius 3 is 3.07 bits per heavy atom. The second-order valence-electron chi connectivity index (χ2n) is 4.71. The van der Waals surface area contributed by atoms with E-state index in [-0.39, 0.29) is 0 Å². The van der Waals surface area contributed by atoms with Crippen LogP contribution in [0.4, 0.5) is 0 Å². The van der Waals surface area contributed by atoms with Gasteiger partial charge in [0.25, 0.3) is 0 Å². The number of thiazole rings is 1. The largest absolute Gasteiger partial charge is 0.317 e. The van der Waals surface area contributed by atoms with E-state index in [1.807, 2.05) is 11.7 Å². The van der Waals surface area contributed by atoms with Crippen LogP contribution in [0.1, 0.15) is 31.1 Å². The van der Waals surface area contributed by atoms with Gasteiger partial charge in [0.05, 0.1) is 5.51 Å². The first-order valence-electron chi connectivity index (χ1n) is 5.84. The highest BCUT2D eigenvalue weighted by Crippen LogP contribution is 2.32. The van der Waals surface area contributed by atoms with Gasteiger partial charge in [-0.3, -0.25) is 4.98 Å². The number of nitrogens with one attached hydrogen (secondary N) is 1. The van der Waals surface area contributed by atoms with Crippen molar-refractivity contribution in [3.05, 3.63) is 16.6 Å². The Morgan fingerprint density at radius 2 is 2.40 bits per heavy atom. The molecular weight excluding hydrogens is 204 g/mol. The molecule has 1 aliphatic carbocycles. The first-order valence-corrected chi connectivity index (χ1v) is 6.72. The molecule has 0 saturated heterocycles. The van der Waals surface area contributed by atoms with E-state index in [9.17, 15) is 0 Å². The smallest absolute Gasteiger partial charge is 0.0794 e. The molecule has 3 heteroatoms. The van der Waals surface area contributed by atoms with Gasteiger partial charge in [0, 0.05) is 17.1 Å². The van der Waals surface area contributed by atoms with Crippen LogP contribution >= 0.6 is 11.3 Å². The number of hydrogen-bond acceptors (Lipinski definition) is 3. The molecule has 84 valence electrons. The quantitative estimate of drug-likeness (QED) is 0.854. The summed E-state index contributed by atoms with van der Waals surface area (Å²) < 4.78 is 0. The van der Waals surface area contributed by atoms with Crippen molar-refractivity contribution in [3.8, 4) is 0 Å². The average Bonchev–Trinajstić information content (AvgIpc) is 2.74. The molecule has 15 heavy (non-hydrogen) atoms. The minimum atomic E-state index is 0.735. The van der Waals surface area contributed by atoms with Crippen LogP contribution in [0, 0.1) is 11.8 Å². The van der Waals surface area contributed by atoms with Crippen molar-refractivity contribution in [1.29, 1.82) is 0 Å². The molecule has 2 rings (SSSR count). The fraction of sp³-hybridized carbons (Fsp3) is 0.750. The van der Waals surface area contributed by atoms with Crippen LogP contribution < -0.4 is 5.32 Å². The third-order valence-electron chi connectivity index (χ3n) is 3.72. The lowest BCUT2D eigenvalue weighted by atomic mass is 9.76. The van der Waals surface area contributed by atoms with Crippen molar-refractivity contribution >= 4 is 11.3 Å². The Morgan fingerprint density at radius 1 is 1.53 bits per heavy atom. The SMILES string of the molecule is CNC1CCC(C)C(Cc2cncs2)C1. The van der Waals surface area contributed by atoms with E-state index in [2.05, 4.69) is 24.3 Å². The normalized spacial score (nSPS) is 31.7. The molecule has 0 aromatic carbocycles. The molecule has 1 saturated carbocycles. The molecule has 3 atom stereocenters. The van der Waals surface area contributed by atoms with Crippen LogP contribution in [0.3, 0.4) is 0 Å². The number of rotatable bonds is 3. The summed E-state index contributed by atoms with van der Waals surface area (Å²) in [6.07, 6.45) is 7.30. The molecule has 0 bridgehead atoms. The molecule has 1 N–H and O–H groups in total. The van der Waals surface area contributed by atoms with Crippen molar-refractivity contribution in [2.24, 2.45) is 11.8 Å². The molecule has 1 aromatic rings. The zero-order valence-corrected chi connectivity index (χ0v) is 10.4. The Labute approximate surface area is 96.1 Å².